The molecular formula is C19H16N2O6S2. The summed E-state index contributed by atoms with van der Waals surface area (Å²) in [5, 5.41) is 2.32. The van der Waals surface area contributed by atoms with Crippen molar-refractivity contribution in [1.82, 2.24) is 4.98 Å². The van der Waals surface area contributed by atoms with Crippen molar-refractivity contribution in [2.24, 2.45) is 0 Å². The lowest BCUT2D eigenvalue weighted by Crippen LogP contribution is -2.13. The lowest BCUT2D eigenvalue weighted by molar-refractivity contribution is 0.0447. The van der Waals surface area contributed by atoms with Gasteiger partial charge in [-0.05, 0) is 0 Å². The highest BCUT2D eigenvalue weighted by atomic mass is 32.1. The predicted molar refractivity (Wildman–Crippen MR) is 108 cm³/mol. The second kappa shape index (κ2) is 8.84. The maximum absolute atomic E-state index is 12.4. The molecule has 0 atom stereocenters. The van der Waals surface area contributed by atoms with Crippen LogP contribution in [0.3, 0.4) is 0 Å². The van der Waals surface area contributed by atoms with Crippen LogP contribution in [0.2, 0.25) is 0 Å². The molecule has 0 aliphatic rings. The van der Waals surface area contributed by atoms with Crippen LogP contribution in [-0.4, -0.2) is 37.1 Å². The number of carbonyl (C=O) groups excluding carboxylic acids is 3. The SMILES string of the molecule is COC(=O)c1sc(N)c(C(=O)OC)c1COC(=O)c1csc(-c2ccccc2)n1. The van der Waals surface area contributed by atoms with E-state index in [-0.39, 0.29) is 33.3 Å². The highest BCUT2D eigenvalue weighted by Crippen LogP contribution is 2.33. The third-order valence-corrected chi connectivity index (χ3v) is 5.81. The molecule has 0 radical (unpaired) electrons. The van der Waals surface area contributed by atoms with Crippen LogP contribution in [-0.2, 0) is 20.8 Å². The number of rotatable bonds is 6. The number of ether oxygens (including phenoxy) is 3. The number of thiophene rings is 1. The van der Waals surface area contributed by atoms with Gasteiger partial charge in [-0.2, -0.15) is 0 Å². The summed E-state index contributed by atoms with van der Waals surface area (Å²) in [6, 6.07) is 9.40. The molecule has 0 spiro atoms. The first-order chi connectivity index (χ1) is 14.0. The van der Waals surface area contributed by atoms with Gasteiger partial charge >= 0.3 is 17.9 Å². The van der Waals surface area contributed by atoms with Gasteiger partial charge in [0.15, 0.2) is 5.69 Å². The normalized spacial score (nSPS) is 10.4. The molecule has 0 saturated heterocycles. The maximum Gasteiger partial charge on any atom is 0.358 e. The fourth-order valence-corrected chi connectivity index (χ4v) is 4.27. The van der Waals surface area contributed by atoms with E-state index in [1.807, 2.05) is 30.3 Å². The molecule has 2 heterocycles. The molecule has 0 saturated carbocycles. The number of hydrogen-bond acceptors (Lipinski definition) is 10. The Hall–Kier alpha value is -3.24. The quantitative estimate of drug-likeness (QED) is 0.465. The summed E-state index contributed by atoms with van der Waals surface area (Å²) in [6.07, 6.45) is 0. The molecule has 0 unspecified atom stereocenters. The van der Waals surface area contributed by atoms with Crippen molar-refractivity contribution in [3.8, 4) is 10.6 Å². The van der Waals surface area contributed by atoms with Crippen molar-refractivity contribution in [3.05, 3.63) is 57.4 Å². The summed E-state index contributed by atoms with van der Waals surface area (Å²) in [5.74, 6) is -2.12. The van der Waals surface area contributed by atoms with Crippen LogP contribution < -0.4 is 5.73 Å². The minimum absolute atomic E-state index is 0.0195. The molecule has 0 amide bonds. The second-order valence-corrected chi connectivity index (χ2v) is 7.52. The first-order valence-electron chi connectivity index (χ1n) is 8.22. The van der Waals surface area contributed by atoms with E-state index in [1.54, 1.807) is 5.38 Å². The first-order valence-corrected chi connectivity index (χ1v) is 9.91. The van der Waals surface area contributed by atoms with Gasteiger partial charge in [-0.3, -0.25) is 0 Å². The maximum atomic E-state index is 12.4. The minimum atomic E-state index is -0.736. The molecule has 2 aromatic heterocycles. The highest BCUT2D eigenvalue weighted by molar-refractivity contribution is 7.18. The van der Waals surface area contributed by atoms with Gasteiger partial charge in [0.1, 0.15) is 27.1 Å². The number of carbonyl (C=O) groups is 3. The van der Waals surface area contributed by atoms with Gasteiger partial charge in [-0.1, -0.05) is 30.3 Å². The zero-order valence-corrected chi connectivity index (χ0v) is 17.1. The van der Waals surface area contributed by atoms with E-state index in [2.05, 4.69) is 4.98 Å². The van der Waals surface area contributed by atoms with Crippen molar-refractivity contribution in [1.29, 1.82) is 0 Å². The van der Waals surface area contributed by atoms with E-state index in [1.165, 1.54) is 25.6 Å². The van der Waals surface area contributed by atoms with Crippen LogP contribution >= 0.6 is 22.7 Å². The molecule has 0 fully saturated rings. The van der Waals surface area contributed by atoms with E-state index in [9.17, 15) is 14.4 Å². The molecule has 10 heteroatoms. The Labute approximate surface area is 173 Å². The summed E-state index contributed by atoms with van der Waals surface area (Å²) in [5.41, 5.74) is 6.97. The summed E-state index contributed by atoms with van der Waals surface area (Å²) >= 11 is 2.17. The van der Waals surface area contributed by atoms with Gasteiger partial charge < -0.3 is 19.9 Å². The van der Waals surface area contributed by atoms with Gasteiger partial charge in [0.25, 0.3) is 0 Å². The van der Waals surface area contributed by atoms with Crippen LogP contribution in [0.15, 0.2) is 35.7 Å². The van der Waals surface area contributed by atoms with E-state index < -0.39 is 17.9 Å². The summed E-state index contributed by atoms with van der Waals surface area (Å²) in [7, 11) is 2.39. The molecule has 0 aliphatic heterocycles. The monoisotopic (exact) mass is 432 g/mol. The number of hydrogen-bond donors (Lipinski definition) is 1. The van der Waals surface area contributed by atoms with E-state index in [0.29, 0.717) is 5.01 Å². The van der Waals surface area contributed by atoms with E-state index >= 15 is 0 Å². The van der Waals surface area contributed by atoms with Gasteiger partial charge in [-0.15, -0.1) is 22.7 Å². The van der Waals surface area contributed by atoms with Crippen molar-refractivity contribution in [2.75, 3.05) is 20.0 Å². The number of aromatic nitrogens is 1. The van der Waals surface area contributed by atoms with Crippen molar-refractivity contribution >= 4 is 45.6 Å². The van der Waals surface area contributed by atoms with Crippen molar-refractivity contribution < 1.29 is 28.6 Å². The van der Waals surface area contributed by atoms with E-state index in [0.717, 1.165) is 16.9 Å². The number of nitrogens with zero attached hydrogens (tertiary/aromatic N) is 1. The third-order valence-electron chi connectivity index (χ3n) is 3.88. The number of esters is 3. The number of anilines is 1. The molecule has 3 rings (SSSR count). The summed E-state index contributed by atoms with van der Waals surface area (Å²) in [4.78, 5) is 40.9. The fraction of sp³-hybridized carbons (Fsp3) is 0.158. The Morgan fingerprint density at radius 1 is 1.03 bits per heavy atom. The molecule has 150 valence electrons. The number of thiazole rings is 1. The van der Waals surface area contributed by atoms with Crippen molar-refractivity contribution in [2.45, 2.75) is 6.61 Å². The molecule has 0 bridgehead atoms. The number of nitrogen functional groups attached to an aromatic ring is 1. The molecular weight excluding hydrogens is 416 g/mol. The van der Waals surface area contributed by atoms with Gasteiger partial charge in [0.2, 0.25) is 0 Å². The van der Waals surface area contributed by atoms with E-state index in [4.69, 9.17) is 19.9 Å². The standard InChI is InChI=1S/C19H16N2O6S2/c1-25-18(23)13-11(14(19(24)26-2)29-15(13)20)8-27-17(22)12-9-28-16(21-12)10-6-4-3-5-7-10/h3-7,9H,8,20H2,1-2H3. The molecule has 29 heavy (non-hydrogen) atoms. The Kier molecular flexibility index (Phi) is 6.25. The number of nitrogens with two attached hydrogens (primary N) is 1. The topological polar surface area (TPSA) is 118 Å². The van der Waals surface area contributed by atoms with Crippen LogP contribution in [0.25, 0.3) is 10.6 Å². The zero-order chi connectivity index (χ0) is 21.0. The minimum Gasteiger partial charge on any atom is -0.465 e. The van der Waals surface area contributed by atoms with Gasteiger partial charge in [0, 0.05) is 16.5 Å². The van der Waals surface area contributed by atoms with Gasteiger partial charge in [-0.25, -0.2) is 19.4 Å². The van der Waals surface area contributed by atoms with Crippen LogP contribution in [0, 0.1) is 0 Å². The third kappa shape index (κ3) is 4.28. The van der Waals surface area contributed by atoms with Crippen LogP contribution in [0.5, 0.6) is 0 Å². The largest absolute Gasteiger partial charge is 0.465 e. The van der Waals surface area contributed by atoms with Crippen LogP contribution in [0.4, 0.5) is 5.00 Å². The smallest absolute Gasteiger partial charge is 0.358 e. The summed E-state index contributed by atoms with van der Waals surface area (Å²) < 4.78 is 14.7. The number of methoxy groups -OCH3 is 2. The lowest BCUT2D eigenvalue weighted by atomic mass is 10.1. The second-order valence-electron chi connectivity index (χ2n) is 5.61. The number of benzene rings is 1. The van der Waals surface area contributed by atoms with Crippen LogP contribution in [0.1, 0.15) is 36.1 Å². The predicted octanol–water partition coefficient (Wildman–Crippen LogP) is 3.38. The molecule has 2 N–H and O–H groups in total. The highest BCUT2D eigenvalue weighted by Gasteiger charge is 2.28. The first kappa shape index (κ1) is 20.5. The Balaban J connectivity index is 1.82. The zero-order valence-electron chi connectivity index (χ0n) is 15.5. The lowest BCUT2D eigenvalue weighted by Gasteiger charge is -2.07. The van der Waals surface area contributed by atoms with Gasteiger partial charge in [0.05, 0.1) is 14.2 Å². The molecule has 8 nitrogen and oxygen atoms in total. The average Bonchev–Trinajstić information content (AvgIpc) is 3.36. The Morgan fingerprint density at radius 3 is 2.38 bits per heavy atom. The van der Waals surface area contributed by atoms with Crippen molar-refractivity contribution in [3.63, 3.8) is 0 Å². The summed E-state index contributed by atoms with van der Waals surface area (Å²) in [6.45, 7) is -0.362. The average molecular weight is 432 g/mol. The Morgan fingerprint density at radius 2 is 1.72 bits per heavy atom. The Bertz CT molecular complexity index is 1060. The molecule has 3 aromatic rings. The fourth-order valence-electron chi connectivity index (χ4n) is 2.50. The molecule has 1 aromatic carbocycles. The molecule has 0 aliphatic carbocycles.